The summed E-state index contributed by atoms with van der Waals surface area (Å²) in [6.45, 7) is 2.21. The summed E-state index contributed by atoms with van der Waals surface area (Å²) in [6.07, 6.45) is 12.5. The number of aromatic nitrogens is 1. The second-order valence-corrected chi connectivity index (χ2v) is 7.12. The van der Waals surface area contributed by atoms with Crippen LogP contribution >= 0.6 is 0 Å². The molecule has 1 aliphatic heterocycles. The monoisotopic (exact) mass is 312 g/mol. The number of fused-ring (bicyclic) bond motifs is 2. The first-order valence-electron chi connectivity index (χ1n) is 8.77. The Balaban J connectivity index is 1.48. The van der Waals surface area contributed by atoms with Crippen molar-refractivity contribution >= 4 is 5.91 Å². The van der Waals surface area contributed by atoms with Crippen LogP contribution in [0.3, 0.4) is 0 Å². The summed E-state index contributed by atoms with van der Waals surface area (Å²) in [4.78, 5) is 19.1. The van der Waals surface area contributed by atoms with Crippen LogP contribution in [0.4, 0.5) is 0 Å². The van der Waals surface area contributed by atoms with Gasteiger partial charge in [-0.1, -0.05) is 18.2 Å². The molecule has 1 aromatic heterocycles. The average molecular weight is 312 g/mol. The minimum Gasteiger partial charge on any atom is -0.368 e. The van der Waals surface area contributed by atoms with E-state index in [-0.39, 0.29) is 12.0 Å². The van der Waals surface area contributed by atoms with Crippen LogP contribution in [0.5, 0.6) is 0 Å². The second kappa shape index (κ2) is 6.44. The highest BCUT2D eigenvalue weighted by Crippen LogP contribution is 2.43. The van der Waals surface area contributed by atoms with Gasteiger partial charge in [0, 0.05) is 32.1 Å². The molecule has 0 aromatic carbocycles. The lowest BCUT2D eigenvalue weighted by atomic mass is 9.92. The van der Waals surface area contributed by atoms with E-state index in [1.54, 1.807) is 6.20 Å². The zero-order chi connectivity index (χ0) is 15.6. The van der Waals surface area contributed by atoms with Gasteiger partial charge < -0.3 is 9.64 Å². The molecule has 0 unspecified atom stereocenters. The van der Waals surface area contributed by atoms with Gasteiger partial charge in [-0.05, 0) is 55.1 Å². The third-order valence-corrected chi connectivity index (χ3v) is 5.48. The minimum absolute atomic E-state index is 0.165. The molecule has 1 saturated carbocycles. The predicted octanol–water partition coefficient (Wildman–Crippen LogP) is 2.80. The predicted molar refractivity (Wildman–Crippen MR) is 87.5 cm³/mol. The van der Waals surface area contributed by atoms with Gasteiger partial charge in [-0.15, -0.1) is 0 Å². The number of hydrogen-bond donors (Lipinski definition) is 0. The molecule has 23 heavy (non-hydrogen) atoms. The lowest BCUT2D eigenvalue weighted by Gasteiger charge is -2.30. The summed E-state index contributed by atoms with van der Waals surface area (Å²) in [5, 5.41) is 0. The summed E-state index contributed by atoms with van der Waals surface area (Å²) in [5.74, 6) is 2.17. The topological polar surface area (TPSA) is 42.4 Å². The molecule has 4 nitrogen and oxygen atoms in total. The fourth-order valence-electron chi connectivity index (χ4n) is 4.31. The Morgan fingerprint density at radius 3 is 2.96 bits per heavy atom. The lowest BCUT2D eigenvalue weighted by Crippen LogP contribution is -2.42. The van der Waals surface area contributed by atoms with Crippen molar-refractivity contribution in [3.63, 3.8) is 0 Å². The number of ether oxygens (including phenoxy) is 1. The van der Waals surface area contributed by atoms with Gasteiger partial charge in [0.25, 0.3) is 5.91 Å². The number of pyridine rings is 1. The first kappa shape index (κ1) is 14.9. The standard InChI is InChI=1S/C19H24N2O2/c22-19(18-4-2-8-23-18)21(12-15-3-1-7-20-11-15)13-17-10-14-5-6-16(17)9-14/h1,3,5-7,11,14,16-18H,2,4,8-10,12-13H2/t14-,16-,17-,18-/m0/s1. The molecule has 0 spiro atoms. The summed E-state index contributed by atoms with van der Waals surface area (Å²) in [6, 6.07) is 3.98. The van der Waals surface area contributed by atoms with Crippen LogP contribution in [0.25, 0.3) is 0 Å². The fraction of sp³-hybridized carbons (Fsp3) is 0.579. The maximum atomic E-state index is 12.9. The van der Waals surface area contributed by atoms with E-state index in [1.807, 2.05) is 23.2 Å². The smallest absolute Gasteiger partial charge is 0.252 e. The van der Waals surface area contributed by atoms with Crippen molar-refractivity contribution in [3.05, 3.63) is 42.2 Å². The Morgan fingerprint density at radius 1 is 1.35 bits per heavy atom. The van der Waals surface area contributed by atoms with Crippen molar-refractivity contribution in [1.82, 2.24) is 9.88 Å². The number of hydrogen-bond acceptors (Lipinski definition) is 3. The highest BCUT2D eigenvalue weighted by atomic mass is 16.5. The van der Waals surface area contributed by atoms with E-state index in [0.717, 1.165) is 30.9 Å². The molecule has 2 fully saturated rings. The molecule has 1 amide bonds. The van der Waals surface area contributed by atoms with Gasteiger partial charge in [-0.25, -0.2) is 0 Å². The molecular weight excluding hydrogens is 288 g/mol. The number of allylic oxidation sites excluding steroid dienone is 2. The van der Waals surface area contributed by atoms with Gasteiger partial charge in [0.05, 0.1) is 0 Å². The first-order chi connectivity index (χ1) is 11.3. The first-order valence-corrected chi connectivity index (χ1v) is 8.77. The zero-order valence-corrected chi connectivity index (χ0v) is 13.4. The van der Waals surface area contributed by atoms with E-state index in [4.69, 9.17) is 4.74 Å². The third-order valence-electron chi connectivity index (χ3n) is 5.48. The summed E-state index contributed by atoms with van der Waals surface area (Å²) in [7, 11) is 0. The molecule has 2 bridgehead atoms. The molecule has 2 heterocycles. The van der Waals surface area contributed by atoms with Gasteiger partial charge in [-0.2, -0.15) is 0 Å². The van der Waals surface area contributed by atoms with Crippen molar-refractivity contribution in [2.45, 2.75) is 38.3 Å². The van der Waals surface area contributed by atoms with Gasteiger partial charge in [0.15, 0.2) is 0 Å². The quantitative estimate of drug-likeness (QED) is 0.785. The molecule has 4 atom stereocenters. The van der Waals surface area contributed by atoms with E-state index in [9.17, 15) is 4.79 Å². The molecule has 3 aliphatic rings. The number of rotatable bonds is 5. The molecule has 0 radical (unpaired) electrons. The highest BCUT2D eigenvalue weighted by Gasteiger charge is 2.38. The van der Waals surface area contributed by atoms with Crippen LogP contribution in [-0.4, -0.2) is 35.0 Å². The van der Waals surface area contributed by atoms with Crippen molar-refractivity contribution in [3.8, 4) is 0 Å². The van der Waals surface area contributed by atoms with E-state index in [0.29, 0.717) is 25.0 Å². The van der Waals surface area contributed by atoms with Gasteiger partial charge >= 0.3 is 0 Å². The maximum absolute atomic E-state index is 12.9. The SMILES string of the molecule is O=C([C@@H]1CCCO1)N(Cc1cccnc1)C[C@@H]1C[C@H]2C=C[C@H]1C2. The Labute approximate surface area is 137 Å². The van der Waals surface area contributed by atoms with Crippen LogP contribution in [-0.2, 0) is 16.1 Å². The van der Waals surface area contributed by atoms with E-state index < -0.39 is 0 Å². The highest BCUT2D eigenvalue weighted by molar-refractivity contribution is 5.81. The Hall–Kier alpha value is -1.68. The van der Waals surface area contributed by atoms with Gasteiger partial charge in [-0.3, -0.25) is 9.78 Å². The van der Waals surface area contributed by atoms with Crippen LogP contribution < -0.4 is 0 Å². The maximum Gasteiger partial charge on any atom is 0.252 e. The van der Waals surface area contributed by atoms with Crippen LogP contribution in [0.1, 0.15) is 31.2 Å². The molecule has 1 aromatic rings. The van der Waals surface area contributed by atoms with Crippen molar-refractivity contribution < 1.29 is 9.53 Å². The van der Waals surface area contributed by atoms with Crippen LogP contribution in [0.2, 0.25) is 0 Å². The molecule has 1 saturated heterocycles. The fourth-order valence-corrected chi connectivity index (χ4v) is 4.31. The second-order valence-electron chi connectivity index (χ2n) is 7.12. The summed E-state index contributed by atoms with van der Waals surface area (Å²) < 4.78 is 5.64. The van der Waals surface area contributed by atoms with E-state index >= 15 is 0 Å². The van der Waals surface area contributed by atoms with Crippen LogP contribution in [0, 0.1) is 17.8 Å². The molecule has 0 N–H and O–H groups in total. The summed E-state index contributed by atoms with van der Waals surface area (Å²) >= 11 is 0. The Bertz CT molecular complexity index is 580. The Kier molecular flexibility index (Phi) is 4.17. The summed E-state index contributed by atoms with van der Waals surface area (Å²) in [5.41, 5.74) is 1.09. The van der Waals surface area contributed by atoms with E-state index in [1.165, 1.54) is 12.8 Å². The molecule has 122 valence electrons. The lowest BCUT2D eigenvalue weighted by molar-refractivity contribution is -0.142. The van der Waals surface area contributed by atoms with E-state index in [2.05, 4.69) is 17.1 Å². The molecular formula is C19H24N2O2. The van der Waals surface area contributed by atoms with Gasteiger partial charge in [0.2, 0.25) is 0 Å². The molecule has 4 rings (SSSR count). The number of carbonyl (C=O) groups is 1. The zero-order valence-electron chi connectivity index (χ0n) is 13.4. The normalized spacial score (nSPS) is 31.7. The average Bonchev–Trinajstić information content (AvgIpc) is 3.32. The number of carbonyl (C=O) groups excluding carboxylic acids is 1. The van der Waals surface area contributed by atoms with Gasteiger partial charge in [0.1, 0.15) is 6.10 Å². The van der Waals surface area contributed by atoms with Crippen molar-refractivity contribution in [2.75, 3.05) is 13.2 Å². The van der Waals surface area contributed by atoms with Crippen molar-refractivity contribution in [1.29, 1.82) is 0 Å². The number of nitrogens with zero attached hydrogens (tertiary/aromatic N) is 2. The van der Waals surface area contributed by atoms with Crippen LogP contribution in [0.15, 0.2) is 36.7 Å². The third kappa shape index (κ3) is 3.18. The Morgan fingerprint density at radius 2 is 2.30 bits per heavy atom. The molecule has 2 aliphatic carbocycles. The largest absolute Gasteiger partial charge is 0.368 e. The van der Waals surface area contributed by atoms with Crippen molar-refractivity contribution in [2.24, 2.45) is 17.8 Å². The minimum atomic E-state index is -0.235. The number of amides is 1. The molecule has 4 heteroatoms.